The molecular weight excluding hydrogens is 370 g/mol. The molecule has 0 bridgehead atoms. The smallest absolute Gasteiger partial charge is 0.337 e. The van der Waals surface area contributed by atoms with E-state index in [1.54, 1.807) is 16.8 Å². The number of rotatable bonds is 3. The topological polar surface area (TPSA) is 99.0 Å². The van der Waals surface area contributed by atoms with Gasteiger partial charge in [0.15, 0.2) is 0 Å². The van der Waals surface area contributed by atoms with Crippen LogP contribution in [0.2, 0.25) is 0 Å². The van der Waals surface area contributed by atoms with E-state index in [9.17, 15) is 9.59 Å². The van der Waals surface area contributed by atoms with E-state index in [4.69, 9.17) is 4.74 Å². The average molecular weight is 391 g/mol. The molecule has 1 amide bonds. The summed E-state index contributed by atoms with van der Waals surface area (Å²) in [7, 11) is 1.35. The first-order valence-electron chi connectivity index (χ1n) is 9.27. The predicted octanol–water partition coefficient (Wildman–Crippen LogP) is 2.85. The molecule has 148 valence electrons. The molecule has 0 unspecified atom stereocenters. The maximum absolute atomic E-state index is 12.5. The maximum atomic E-state index is 12.5. The van der Waals surface area contributed by atoms with Crippen molar-refractivity contribution in [3.8, 4) is 5.95 Å². The molecule has 0 saturated carbocycles. The van der Waals surface area contributed by atoms with Gasteiger partial charge in [0, 0.05) is 29.3 Å². The van der Waals surface area contributed by atoms with Crippen LogP contribution in [0, 0.1) is 20.8 Å². The van der Waals surface area contributed by atoms with Gasteiger partial charge in [-0.25, -0.2) is 14.8 Å². The van der Waals surface area contributed by atoms with Crippen LogP contribution in [0.4, 0.5) is 5.82 Å². The average Bonchev–Trinajstić information content (AvgIpc) is 3.02. The van der Waals surface area contributed by atoms with E-state index in [0.717, 1.165) is 28.2 Å². The first-order chi connectivity index (χ1) is 13.9. The number of aromatic nitrogens is 4. The molecule has 0 aliphatic carbocycles. The monoisotopic (exact) mass is 391 g/mol. The minimum absolute atomic E-state index is 0.106. The zero-order valence-corrected chi connectivity index (χ0v) is 16.7. The van der Waals surface area contributed by atoms with Crippen molar-refractivity contribution in [1.82, 2.24) is 19.7 Å². The molecule has 29 heavy (non-hydrogen) atoms. The van der Waals surface area contributed by atoms with Crippen molar-refractivity contribution in [2.45, 2.75) is 33.1 Å². The molecule has 0 spiro atoms. The molecule has 8 nitrogen and oxygen atoms in total. The van der Waals surface area contributed by atoms with Crippen LogP contribution in [0.25, 0.3) is 5.95 Å². The van der Waals surface area contributed by atoms with Crippen LogP contribution in [-0.2, 0) is 9.53 Å². The van der Waals surface area contributed by atoms with Gasteiger partial charge in [-0.15, -0.1) is 0 Å². The van der Waals surface area contributed by atoms with Crippen molar-refractivity contribution in [1.29, 1.82) is 0 Å². The lowest BCUT2D eigenvalue weighted by molar-refractivity contribution is -0.116. The van der Waals surface area contributed by atoms with E-state index < -0.39 is 5.97 Å². The zero-order chi connectivity index (χ0) is 20.7. The van der Waals surface area contributed by atoms with Crippen molar-refractivity contribution < 1.29 is 14.3 Å². The Morgan fingerprint density at radius 3 is 2.41 bits per heavy atom. The molecule has 1 aromatic carbocycles. The Hall–Kier alpha value is -3.55. The van der Waals surface area contributed by atoms with Crippen LogP contribution in [0.15, 0.2) is 30.3 Å². The lowest BCUT2D eigenvalue weighted by Gasteiger charge is -2.24. The highest BCUT2D eigenvalue weighted by molar-refractivity contribution is 5.95. The molecule has 4 rings (SSSR count). The minimum atomic E-state index is -0.394. The fraction of sp³-hybridized carbons (Fsp3) is 0.286. The Bertz CT molecular complexity index is 1100. The van der Waals surface area contributed by atoms with E-state index in [1.807, 2.05) is 39.0 Å². The number of ether oxygens (including phenoxy) is 1. The number of hydrogen-bond donors (Lipinski definition) is 1. The van der Waals surface area contributed by atoms with Crippen LogP contribution in [0.5, 0.6) is 0 Å². The minimum Gasteiger partial charge on any atom is -0.465 e. The summed E-state index contributed by atoms with van der Waals surface area (Å²) >= 11 is 0. The number of esters is 1. The number of nitrogens with zero attached hydrogens (tertiary/aromatic N) is 4. The number of methoxy groups -OCH3 is 1. The van der Waals surface area contributed by atoms with Crippen LogP contribution in [0.3, 0.4) is 0 Å². The van der Waals surface area contributed by atoms with Crippen molar-refractivity contribution >= 4 is 17.7 Å². The van der Waals surface area contributed by atoms with Gasteiger partial charge in [0.05, 0.1) is 18.4 Å². The number of carbonyl (C=O) groups is 2. The molecule has 1 aliphatic heterocycles. The lowest BCUT2D eigenvalue weighted by atomic mass is 9.85. The molecule has 0 saturated heterocycles. The van der Waals surface area contributed by atoms with E-state index >= 15 is 0 Å². The second-order valence-corrected chi connectivity index (χ2v) is 7.13. The zero-order valence-electron chi connectivity index (χ0n) is 16.7. The van der Waals surface area contributed by atoms with Gasteiger partial charge < -0.3 is 10.1 Å². The summed E-state index contributed by atoms with van der Waals surface area (Å²) in [4.78, 5) is 33.1. The van der Waals surface area contributed by atoms with E-state index in [-0.39, 0.29) is 11.8 Å². The first-order valence-corrected chi connectivity index (χ1v) is 9.27. The normalized spacial score (nSPS) is 15.6. The number of hydrogen-bond acceptors (Lipinski definition) is 6. The van der Waals surface area contributed by atoms with Gasteiger partial charge in [-0.05, 0) is 44.5 Å². The number of fused-ring (bicyclic) bond motifs is 1. The largest absolute Gasteiger partial charge is 0.465 e. The molecule has 2 aromatic heterocycles. The fourth-order valence-corrected chi connectivity index (χ4v) is 3.75. The van der Waals surface area contributed by atoms with Gasteiger partial charge in [-0.1, -0.05) is 12.1 Å². The third kappa shape index (κ3) is 3.37. The molecule has 3 heterocycles. The van der Waals surface area contributed by atoms with Crippen molar-refractivity contribution in [3.63, 3.8) is 0 Å². The van der Waals surface area contributed by atoms with Crippen LogP contribution in [0.1, 0.15) is 50.9 Å². The molecule has 1 N–H and O–H groups in total. The van der Waals surface area contributed by atoms with Crippen molar-refractivity contribution in [2.75, 3.05) is 12.4 Å². The predicted molar refractivity (Wildman–Crippen MR) is 106 cm³/mol. The summed E-state index contributed by atoms with van der Waals surface area (Å²) in [6, 6.07) is 9.00. The quantitative estimate of drug-likeness (QED) is 0.689. The number of aryl methyl sites for hydroxylation is 3. The fourth-order valence-electron chi connectivity index (χ4n) is 3.75. The second kappa shape index (κ2) is 7.12. The highest BCUT2D eigenvalue weighted by atomic mass is 16.5. The summed E-state index contributed by atoms with van der Waals surface area (Å²) in [5.74, 6) is 0.337. The summed E-state index contributed by atoms with van der Waals surface area (Å²) < 4.78 is 6.35. The standard InChI is InChI=1S/C21H21N5O3/c1-11-9-12(2)23-21(22-11)26-19-18(13(3)25-26)16(10-17(27)24-19)14-5-7-15(8-6-14)20(28)29-4/h5-9,16H,10H2,1-4H3,(H,24,27)/t16-/m0/s1. The summed E-state index contributed by atoms with van der Waals surface area (Å²) in [6.45, 7) is 5.70. The molecular formula is C21H21N5O3. The Morgan fingerprint density at radius 2 is 1.79 bits per heavy atom. The lowest BCUT2D eigenvalue weighted by Crippen LogP contribution is -2.25. The van der Waals surface area contributed by atoms with E-state index in [1.165, 1.54) is 7.11 Å². The Morgan fingerprint density at radius 1 is 1.14 bits per heavy atom. The summed E-state index contributed by atoms with van der Waals surface area (Å²) in [6.07, 6.45) is 0.296. The maximum Gasteiger partial charge on any atom is 0.337 e. The van der Waals surface area contributed by atoms with Crippen LogP contribution < -0.4 is 5.32 Å². The Labute approximate surface area is 167 Å². The van der Waals surface area contributed by atoms with Gasteiger partial charge >= 0.3 is 5.97 Å². The second-order valence-electron chi connectivity index (χ2n) is 7.13. The number of carbonyl (C=O) groups excluding carboxylic acids is 2. The van der Waals surface area contributed by atoms with Gasteiger partial charge in [-0.2, -0.15) is 9.78 Å². The number of amides is 1. The SMILES string of the molecule is COC(=O)c1ccc([C@@H]2CC(=O)Nc3c2c(C)nn3-c2nc(C)cc(C)n2)cc1. The Kier molecular flexibility index (Phi) is 4.62. The number of anilines is 1. The first kappa shape index (κ1) is 18.8. The molecule has 8 heteroatoms. The summed E-state index contributed by atoms with van der Waals surface area (Å²) in [5, 5.41) is 7.55. The Balaban J connectivity index is 1.81. The van der Waals surface area contributed by atoms with Crippen molar-refractivity contribution in [3.05, 3.63) is 64.1 Å². The van der Waals surface area contributed by atoms with Crippen molar-refractivity contribution in [2.24, 2.45) is 0 Å². The van der Waals surface area contributed by atoms with Gasteiger partial charge in [0.25, 0.3) is 5.95 Å². The van der Waals surface area contributed by atoms with Gasteiger partial charge in [0.2, 0.25) is 5.91 Å². The molecule has 3 aromatic rings. The summed E-state index contributed by atoms with van der Waals surface area (Å²) in [5.41, 5.74) is 4.77. The molecule has 1 atom stereocenters. The third-order valence-corrected chi connectivity index (χ3v) is 5.00. The highest BCUT2D eigenvalue weighted by Crippen LogP contribution is 2.39. The van der Waals surface area contributed by atoms with Gasteiger partial charge in [0.1, 0.15) is 5.82 Å². The molecule has 1 aliphatic rings. The number of benzene rings is 1. The van der Waals surface area contributed by atoms with Crippen LogP contribution in [-0.4, -0.2) is 38.7 Å². The number of nitrogens with one attached hydrogen (secondary N) is 1. The molecule has 0 fully saturated rings. The highest BCUT2D eigenvalue weighted by Gasteiger charge is 2.33. The van der Waals surface area contributed by atoms with E-state index in [2.05, 4.69) is 20.4 Å². The molecule has 0 radical (unpaired) electrons. The third-order valence-electron chi connectivity index (χ3n) is 5.00. The van der Waals surface area contributed by atoms with Crippen LogP contribution >= 0.6 is 0 Å². The van der Waals surface area contributed by atoms with Gasteiger partial charge in [-0.3, -0.25) is 4.79 Å². The van der Waals surface area contributed by atoms with E-state index in [0.29, 0.717) is 23.8 Å².